The molecule has 90 valence electrons. The van der Waals surface area contributed by atoms with Crippen LogP contribution < -0.4 is 4.74 Å². The van der Waals surface area contributed by atoms with E-state index in [0.717, 1.165) is 18.6 Å². The second kappa shape index (κ2) is 5.87. The van der Waals surface area contributed by atoms with Gasteiger partial charge >= 0.3 is 0 Å². The first kappa shape index (κ1) is 12.2. The SMILES string of the molecule is CCC(C)Oc1ccc(Cc2cccs2)cc1. The molecule has 0 aliphatic rings. The van der Waals surface area contributed by atoms with Gasteiger partial charge in [0.05, 0.1) is 6.10 Å². The summed E-state index contributed by atoms with van der Waals surface area (Å²) in [6.45, 7) is 4.23. The average Bonchev–Trinajstić information content (AvgIpc) is 2.84. The van der Waals surface area contributed by atoms with Crippen LogP contribution in [0.5, 0.6) is 5.75 Å². The summed E-state index contributed by atoms with van der Waals surface area (Å²) in [7, 11) is 0. The summed E-state index contributed by atoms with van der Waals surface area (Å²) >= 11 is 1.80. The van der Waals surface area contributed by atoms with Crippen LogP contribution in [0, 0.1) is 0 Å². The van der Waals surface area contributed by atoms with Crippen molar-refractivity contribution in [3.63, 3.8) is 0 Å². The van der Waals surface area contributed by atoms with Crippen LogP contribution in [0.4, 0.5) is 0 Å². The van der Waals surface area contributed by atoms with Crippen molar-refractivity contribution in [3.8, 4) is 5.75 Å². The molecule has 1 aromatic heterocycles. The number of rotatable bonds is 5. The molecule has 2 rings (SSSR count). The van der Waals surface area contributed by atoms with Crippen molar-refractivity contribution in [2.45, 2.75) is 32.8 Å². The zero-order chi connectivity index (χ0) is 12.1. The second-order valence-corrected chi connectivity index (χ2v) is 5.27. The fourth-order valence-corrected chi connectivity index (χ4v) is 2.35. The van der Waals surface area contributed by atoms with E-state index in [4.69, 9.17) is 4.74 Å². The predicted octanol–water partition coefficient (Wildman–Crippen LogP) is 4.52. The van der Waals surface area contributed by atoms with Gasteiger partial charge in [0.1, 0.15) is 5.75 Å². The molecule has 0 N–H and O–H groups in total. The minimum absolute atomic E-state index is 0.290. The molecule has 0 amide bonds. The highest BCUT2D eigenvalue weighted by Gasteiger charge is 2.01. The van der Waals surface area contributed by atoms with E-state index >= 15 is 0 Å². The molecule has 1 aromatic carbocycles. The summed E-state index contributed by atoms with van der Waals surface area (Å²) in [6, 6.07) is 12.7. The van der Waals surface area contributed by atoms with Crippen molar-refractivity contribution in [3.05, 3.63) is 52.2 Å². The molecule has 0 aliphatic carbocycles. The third-order valence-electron chi connectivity index (χ3n) is 2.79. The molecular weight excluding hydrogens is 228 g/mol. The van der Waals surface area contributed by atoms with Crippen LogP contribution in [-0.2, 0) is 6.42 Å². The van der Waals surface area contributed by atoms with Crippen LogP contribution in [-0.4, -0.2) is 6.10 Å². The Kier molecular flexibility index (Phi) is 4.21. The molecule has 0 spiro atoms. The first-order chi connectivity index (χ1) is 8.28. The van der Waals surface area contributed by atoms with Gasteiger partial charge in [-0.05, 0) is 42.5 Å². The Morgan fingerprint density at radius 2 is 1.94 bits per heavy atom. The van der Waals surface area contributed by atoms with Crippen LogP contribution in [0.15, 0.2) is 41.8 Å². The molecule has 2 heteroatoms. The lowest BCUT2D eigenvalue weighted by Crippen LogP contribution is -2.09. The molecule has 1 nitrogen and oxygen atoms in total. The molecule has 2 aromatic rings. The zero-order valence-electron chi connectivity index (χ0n) is 10.3. The highest BCUT2D eigenvalue weighted by Crippen LogP contribution is 2.19. The van der Waals surface area contributed by atoms with Crippen LogP contribution in [0.3, 0.4) is 0 Å². The van der Waals surface area contributed by atoms with Crippen LogP contribution in [0.2, 0.25) is 0 Å². The lowest BCUT2D eigenvalue weighted by Gasteiger charge is -2.12. The number of hydrogen-bond donors (Lipinski definition) is 0. The van der Waals surface area contributed by atoms with E-state index in [1.54, 1.807) is 11.3 Å². The summed E-state index contributed by atoms with van der Waals surface area (Å²) in [4.78, 5) is 1.40. The Balaban J connectivity index is 1.98. The van der Waals surface area contributed by atoms with Crippen molar-refractivity contribution in [1.82, 2.24) is 0 Å². The van der Waals surface area contributed by atoms with E-state index in [0.29, 0.717) is 0 Å². The lowest BCUT2D eigenvalue weighted by atomic mass is 10.1. The Labute approximate surface area is 107 Å². The summed E-state index contributed by atoms with van der Waals surface area (Å²) in [5, 5.41) is 2.12. The number of ether oxygens (including phenoxy) is 1. The van der Waals surface area contributed by atoms with Gasteiger partial charge in [-0.2, -0.15) is 0 Å². The van der Waals surface area contributed by atoms with Gasteiger partial charge in [0.25, 0.3) is 0 Å². The van der Waals surface area contributed by atoms with E-state index in [1.165, 1.54) is 10.4 Å². The minimum atomic E-state index is 0.290. The molecule has 17 heavy (non-hydrogen) atoms. The van der Waals surface area contributed by atoms with Crippen LogP contribution in [0.25, 0.3) is 0 Å². The van der Waals surface area contributed by atoms with Gasteiger partial charge in [-0.3, -0.25) is 0 Å². The number of benzene rings is 1. The smallest absolute Gasteiger partial charge is 0.119 e. The Bertz CT molecular complexity index is 430. The van der Waals surface area contributed by atoms with Crippen molar-refractivity contribution < 1.29 is 4.74 Å². The molecule has 1 heterocycles. The van der Waals surface area contributed by atoms with Crippen LogP contribution in [0.1, 0.15) is 30.7 Å². The van der Waals surface area contributed by atoms with E-state index in [9.17, 15) is 0 Å². The quantitative estimate of drug-likeness (QED) is 0.754. The molecule has 0 saturated carbocycles. The van der Waals surface area contributed by atoms with Crippen molar-refractivity contribution in [2.24, 2.45) is 0 Å². The molecule has 1 atom stereocenters. The predicted molar refractivity (Wildman–Crippen MR) is 73.9 cm³/mol. The fourth-order valence-electron chi connectivity index (χ4n) is 1.62. The van der Waals surface area contributed by atoms with Gasteiger partial charge in [0, 0.05) is 11.3 Å². The van der Waals surface area contributed by atoms with E-state index in [1.807, 2.05) is 0 Å². The normalized spacial score (nSPS) is 12.4. The maximum Gasteiger partial charge on any atom is 0.119 e. The number of hydrogen-bond acceptors (Lipinski definition) is 2. The van der Waals surface area contributed by atoms with E-state index in [-0.39, 0.29) is 6.10 Å². The lowest BCUT2D eigenvalue weighted by molar-refractivity contribution is 0.217. The van der Waals surface area contributed by atoms with Crippen molar-refractivity contribution in [2.75, 3.05) is 0 Å². The third-order valence-corrected chi connectivity index (χ3v) is 3.67. The first-order valence-corrected chi connectivity index (χ1v) is 6.94. The standard InChI is InChI=1S/C15H18OS/c1-3-12(2)16-14-8-6-13(7-9-14)11-15-5-4-10-17-15/h4-10,12H,3,11H2,1-2H3. The third kappa shape index (κ3) is 3.60. The fraction of sp³-hybridized carbons (Fsp3) is 0.333. The summed E-state index contributed by atoms with van der Waals surface area (Å²) < 4.78 is 5.76. The van der Waals surface area contributed by atoms with Crippen molar-refractivity contribution >= 4 is 11.3 Å². The average molecular weight is 246 g/mol. The summed E-state index contributed by atoms with van der Waals surface area (Å²) in [5.74, 6) is 0.967. The first-order valence-electron chi connectivity index (χ1n) is 6.06. The number of thiophene rings is 1. The van der Waals surface area contributed by atoms with Crippen LogP contribution >= 0.6 is 11.3 Å². The molecule has 0 bridgehead atoms. The maximum absolute atomic E-state index is 5.76. The molecule has 0 radical (unpaired) electrons. The Morgan fingerprint density at radius 3 is 2.53 bits per heavy atom. The molecule has 1 unspecified atom stereocenters. The van der Waals surface area contributed by atoms with E-state index < -0.39 is 0 Å². The minimum Gasteiger partial charge on any atom is -0.491 e. The van der Waals surface area contributed by atoms with Gasteiger partial charge in [0.2, 0.25) is 0 Å². The zero-order valence-corrected chi connectivity index (χ0v) is 11.2. The highest BCUT2D eigenvalue weighted by atomic mass is 32.1. The Hall–Kier alpha value is -1.28. The second-order valence-electron chi connectivity index (χ2n) is 4.24. The van der Waals surface area contributed by atoms with Gasteiger partial charge in [0.15, 0.2) is 0 Å². The maximum atomic E-state index is 5.76. The molecule has 0 saturated heterocycles. The van der Waals surface area contributed by atoms with E-state index in [2.05, 4.69) is 55.6 Å². The molecule has 0 aliphatic heterocycles. The van der Waals surface area contributed by atoms with Gasteiger partial charge in [-0.25, -0.2) is 0 Å². The molecular formula is C15H18OS. The highest BCUT2D eigenvalue weighted by molar-refractivity contribution is 7.09. The summed E-state index contributed by atoms with van der Waals surface area (Å²) in [6.07, 6.45) is 2.34. The Morgan fingerprint density at radius 1 is 1.18 bits per heavy atom. The van der Waals surface area contributed by atoms with Crippen molar-refractivity contribution in [1.29, 1.82) is 0 Å². The van der Waals surface area contributed by atoms with Gasteiger partial charge < -0.3 is 4.74 Å². The summed E-state index contributed by atoms with van der Waals surface area (Å²) in [5.41, 5.74) is 1.34. The van der Waals surface area contributed by atoms with Gasteiger partial charge in [-0.1, -0.05) is 25.1 Å². The van der Waals surface area contributed by atoms with Gasteiger partial charge in [-0.15, -0.1) is 11.3 Å². The topological polar surface area (TPSA) is 9.23 Å². The monoisotopic (exact) mass is 246 g/mol. The molecule has 0 fully saturated rings. The largest absolute Gasteiger partial charge is 0.491 e.